The number of rotatable bonds is 6. The van der Waals surface area contributed by atoms with Gasteiger partial charge in [-0.1, -0.05) is 13.0 Å². The van der Waals surface area contributed by atoms with E-state index in [2.05, 4.69) is 11.8 Å². The van der Waals surface area contributed by atoms with Crippen molar-refractivity contribution >= 4 is 11.6 Å². The Labute approximate surface area is 108 Å². The lowest BCUT2D eigenvalue weighted by Crippen LogP contribution is -2.26. The standard InChI is InChI=1S/C14H21N3O/c1-2-7-17(12-5-6-12)9-11-4-3-10(14(16)18)8-13(11)15/h3-4,8,12H,2,5-7,9,15H2,1H3,(H2,16,18). The average Bonchev–Trinajstić information content (AvgIpc) is 3.14. The molecule has 0 bridgehead atoms. The first-order chi connectivity index (χ1) is 8.61. The van der Waals surface area contributed by atoms with Crippen molar-refractivity contribution in [2.75, 3.05) is 12.3 Å². The third-order valence-electron chi connectivity index (χ3n) is 3.38. The smallest absolute Gasteiger partial charge is 0.248 e. The Morgan fingerprint density at radius 1 is 1.44 bits per heavy atom. The molecular formula is C14H21N3O. The van der Waals surface area contributed by atoms with Crippen LogP contribution in [-0.4, -0.2) is 23.4 Å². The van der Waals surface area contributed by atoms with Crippen LogP contribution in [0, 0.1) is 0 Å². The summed E-state index contributed by atoms with van der Waals surface area (Å²) in [6.07, 6.45) is 3.73. The Hall–Kier alpha value is -1.55. The van der Waals surface area contributed by atoms with Gasteiger partial charge < -0.3 is 11.5 Å². The Kier molecular flexibility index (Phi) is 3.87. The highest BCUT2D eigenvalue weighted by Crippen LogP contribution is 2.29. The van der Waals surface area contributed by atoms with Gasteiger partial charge in [0.05, 0.1) is 0 Å². The van der Waals surface area contributed by atoms with Gasteiger partial charge in [0.25, 0.3) is 0 Å². The van der Waals surface area contributed by atoms with Crippen LogP contribution in [0.2, 0.25) is 0 Å². The van der Waals surface area contributed by atoms with Gasteiger partial charge in [-0.3, -0.25) is 9.69 Å². The van der Waals surface area contributed by atoms with Gasteiger partial charge in [-0.2, -0.15) is 0 Å². The number of benzene rings is 1. The number of hydrogen-bond donors (Lipinski definition) is 2. The van der Waals surface area contributed by atoms with Gasteiger partial charge in [-0.05, 0) is 43.5 Å². The zero-order valence-electron chi connectivity index (χ0n) is 10.9. The molecule has 1 aliphatic rings. The normalized spacial score (nSPS) is 15.0. The zero-order chi connectivity index (χ0) is 13.1. The maximum atomic E-state index is 11.1. The fourth-order valence-electron chi connectivity index (χ4n) is 2.23. The molecule has 98 valence electrons. The van der Waals surface area contributed by atoms with Crippen molar-refractivity contribution in [1.29, 1.82) is 0 Å². The van der Waals surface area contributed by atoms with Crippen molar-refractivity contribution in [3.8, 4) is 0 Å². The number of hydrogen-bond acceptors (Lipinski definition) is 3. The highest BCUT2D eigenvalue weighted by molar-refractivity contribution is 5.93. The van der Waals surface area contributed by atoms with E-state index in [1.54, 1.807) is 12.1 Å². The van der Waals surface area contributed by atoms with Gasteiger partial charge in [0.2, 0.25) is 5.91 Å². The van der Waals surface area contributed by atoms with Crippen molar-refractivity contribution in [1.82, 2.24) is 4.90 Å². The minimum absolute atomic E-state index is 0.430. The van der Waals surface area contributed by atoms with Crippen LogP contribution in [0.5, 0.6) is 0 Å². The molecule has 1 aromatic rings. The Bertz CT molecular complexity index is 441. The van der Waals surface area contributed by atoms with Gasteiger partial charge >= 0.3 is 0 Å². The highest BCUT2D eigenvalue weighted by Gasteiger charge is 2.28. The molecule has 4 heteroatoms. The maximum absolute atomic E-state index is 11.1. The van der Waals surface area contributed by atoms with E-state index in [0.29, 0.717) is 11.3 Å². The van der Waals surface area contributed by atoms with Crippen LogP contribution < -0.4 is 11.5 Å². The molecule has 0 heterocycles. The monoisotopic (exact) mass is 247 g/mol. The molecule has 2 rings (SSSR count). The van der Waals surface area contributed by atoms with Crippen molar-refractivity contribution in [3.05, 3.63) is 29.3 Å². The van der Waals surface area contributed by atoms with Crippen LogP contribution in [0.4, 0.5) is 5.69 Å². The Balaban J connectivity index is 2.10. The van der Waals surface area contributed by atoms with E-state index in [0.717, 1.165) is 31.1 Å². The zero-order valence-corrected chi connectivity index (χ0v) is 10.9. The summed E-state index contributed by atoms with van der Waals surface area (Å²) in [6, 6.07) is 6.07. The molecule has 1 aliphatic carbocycles. The maximum Gasteiger partial charge on any atom is 0.248 e. The summed E-state index contributed by atoms with van der Waals surface area (Å²) in [7, 11) is 0. The molecule has 1 amide bonds. The van der Waals surface area contributed by atoms with Crippen molar-refractivity contribution < 1.29 is 4.79 Å². The first kappa shape index (κ1) is 12.9. The van der Waals surface area contributed by atoms with Crippen LogP contribution in [0.3, 0.4) is 0 Å². The lowest BCUT2D eigenvalue weighted by Gasteiger charge is -2.22. The third kappa shape index (κ3) is 3.01. The SMILES string of the molecule is CCCN(Cc1ccc(C(N)=O)cc1N)C1CC1. The van der Waals surface area contributed by atoms with Crippen molar-refractivity contribution in [2.45, 2.75) is 38.8 Å². The Morgan fingerprint density at radius 2 is 2.17 bits per heavy atom. The molecule has 0 atom stereocenters. The molecule has 1 aromatic carbocycles. The van der Waals surface area contributed by atoms with E-state index in [-0.39, 0.29) is 0 Å². The van der Waals surface area contributed by atoms with Crippen LogP contribution >= 0.6 is 0 Å². The van der Waals surface area contributed by atoms with E-state index >= 15 is 0 Å². The van der Waals surface area contributed by atoms with E-state index in [1.807, 2.05) is 6.07 Å². The molecule has 4 N–H and O–H groups in total. The first-order valence-corrected chi connectivity index (χ1v) is 6.54. The minimum atomic E-state index is -0.430. The number of primary amides is 1. The van der Waals surface area contributed by atoms with E-state index in [1.165, 1.54) is 12.8 Å². The summed E-state index contributed by atoms with van der Waals surface area (Å²) < 4.78 is 0. The van der Waals surface area contributed by atoms with Gasteiger partial charge in [0.15, 0.2) is 0 Å². The number of nitrogens with zero attached hydrogens (tertiary/aromatic N) is 1. The molecule has 0 spiro atoms. The molecule has 0 saturated heterocycles. The number of nitrogens with two attached hydrogens (primary N) is 2. The number of carbonyl (C=O) groups excluding carboxylic acids is 1. The second kappa shape index (κ2) is 5.40. The quantitative estimate of drug-likeness (QED) is 0.752. The summed E-state index contributed by atoms with van der Waals surface area (Å²) >= 11 is 0. The average molecular weight is 247 g/mol. The van der Waals surface area contributed by atoms with E-state index < -0.39 is 5.91 Å². The first-order valence-electron chi connectivity index (χ1n) is 6.54. The molecule has 0 aromatic heterocycles. The molecular weight excluding hydrogens is 226 g/mol. The predicted octanol–water partition coefficient (Wildman–Crippen LogP) is 1.74. The molecule has 0 radical (unpaired) electrons. The van der Waals surface area contributed by atoms with E-state index in [4.69, 9.17) is 11.5 Å². The summed E-state index contributed by atoms with van der Waals surface area (Å²) in [4.78, 5) is 13.5. The summed E-state index contributed by atoms with van der Waals surface area (Å²) in [5.41, 5.74) is 13.4. The lowest BCUT2D eigenvalue weighted by molar-refractivity contribution is 0.100. The van der Waals surface area contributed by atoms with Crippen LogP contribution in [-0.2, 0) is 6.54 Å². The fraction of sp³-hybridized carbons (Fsp3) is 0.500. The lowest BCUT2D eigenvalue weighted by atomic mass is 10.1. The number of amides is 1. The molecule has 0 unspecified atom stereocenters. The van der Waals surface area contributed by atoms with E-state index in [9.17, 15) is 4.79 Å². The molecule has 1 fully saturated rings. The summed E-state index contributed by atoms with van der Waals surface area (Å²) in [5, 5.41) is 0. The van der Waals surface area contributed by atoms with Crippen molar-refractivity contribution in [2.24, 2.45) is 5.73 Å². The molecule has 4 nitrogen and oxygen atoms in total. The second-order valence-corrected chi connectivity index (χ2v) is 4.98. The van der Waals surface area contributed by atoms with Gasteiger partial charge in [-0.25, -0.2) is 0 Å². The molecule has 18 heavy (non-hydrogen) atoms. The summed E-state index contributed by atoms with van der Waals surface area (Å²) in [5.74, 6) is -0.430. The highest BCUT2D eigenvalue weighted by atomic mass is 16.1. The number of nitrogen functional groups attached to an aromatic ring is 1. The van der Waals surface area contributed by atoms with Crippen LogP contribution in [0.1, 0.15) is 42.1 Å². The topological polar surface area (TPSA) is 72.3 Å². The number of anilines is 1. The molecule has 0 aliphatic heterocycles. The number of carbonyl (C=O) groups is 1. The second-order valence-electron chi connectivity index (χ2n) is 4.98. The Morgan fingerprint density at radius 3 is 2.67 bits per heavy atom. The van der Waals surface area contributed by atoms with Gasteiger partial charge in [0.1, 0.15) is 0 Å². The fourth-order valence-corrected chi connectivity index (χ4v) is 2.23. The minimum Gasteiger partial charge on any atom is -0.398 e. The van der Waals surface area contributed by atoms with Crippen LogP contribution in [0.15, 0.2) is 18.2 Å². The van der Waals surface area contributed by atoms with Crippen molar-refractivity contribution in [3.63, 3.8) is 0 Å². The predicted molar refractivity (Wildman–Crippen MR) is 73.1 cm³/mol. The third-order valence-corrected chi connectivity index (χ3v) is 3.38. The van der Waals surface area contributed by atoms with Crippen LogP contribution in [0.25, 0.3) is 0 Å². The van der Waals surface area contributed by atoms with Gasteiger partial charge in [-0.15, -0.1) is 0 Å². The van der Waals surface area contributed by atoms with Gasteiger partial charge in [0, 0.05) is 23.8 Å². The largest absolute Gasteiger partial charge is 0.398 e. The molecule has 1 saturated carbocycles. The summed E-state index contributed by atoms with van der Waals surface area (Å²) in [6.45, 7) is 4.15.